The molecule has 6 nitrogen and oxygen atoms in total. The van der Waals surface area contributed by atoms with Crippen LogP contribution >= 0.6 is 0 Å². The molecule has 104 valence electrons. The van der Waals surface area contributed by atoms with Crippen molar-refractivity contribution in [1.82, 2.24) is 15.0 Å². The number of hydrogen-bond acceptors (Lipinski definition) is 5. The molecule has 0 radical (unpaired) electrons. The van der Waals surface area contributed by atoms with Crippen molar-refractivity contribution < 1.29 is 14.3 Å². The SMILES string of the molecule is COC(=O)c1cnc(C(=O)c2c[nH]c3ccccc23)cn1. The van der Waals surface area contributed by atoms with E-state index in [1.807, 2.05) is 24.3 Å². The second-order valence-electron chi connectivity index (χ2n) is 4.36. The van der Waals surface area contributed by atoms with E-state index in [4.69, 9.17) is 0 Å². The van der Waals surface area contributed by atoms with Crippen molar-refractivity contribution in [2.75, 3.05) is 7.11 Å². The summed E-state index contributed by atoms with van der Waals surface area (Å²) in [5.74, 6) is -0.843. The quantitative estimate of drug-likeness (QED) is 0.586. The van der Waals surface area contributed by atoms with E-state index in [2.05, 4.69) is 19.7 Å². The molecule has 0 aliphatic carbocycles. The lowest BCUT2D eigenvalue weighted by atomic mass is 10.1. The third-order valence-corrected chi connectivity index (χ3v) is 3.11. The number of hydrogen-bond donors (Lipinski definition) is 1. The fourth-order valence-corrected chi connectivity index (χ4v) is 2.05. The zero-order valence-electron chi connectivity index (χ0n) is 11.2. The van der Waals surface area contributed by atoms with E-state index in [0.29, 0.717) is 5.56 Å². The Balaban J connectivity index is 1.97. The van der Waals surface area contributed by atoms with Gasteiger partial charge in [-0.3, -0.25) is 4.79 Å². The van der Waals surface area contributed by atoms with E-state index in [1.165, 1.54) is 19.5 Å². The van der Waals surface area contributed by atoms with E-state index < -0.39 is 5.97 Å². The molecule has 1 N–H and O–H groups in total. The lowest BCUT2D eigenvalue weighted by Crippen LogP contribution is -2.09. The van der Waals surface area contributed by atoms with Gasteiger partial charge in [-0.25, -0.2) is 14.8 Å². The van der Waals surface area contributed by atoms with Gasteiger partial charge in [0.05, 0.1) is 19.5 Å². The molecule has 3 rings (SSSR count). The van der Waals surface area contributed by atoms with Gasteiger partial charge >= 0.3 is 5.97 Å². The third kappa shape index (κ3) is 2.27. The maximum atomic E-state index is 12.4. The Hall–Kier alpha value is -3.02. The fourth-order valence-electron chi connectivity index (χ4n) is 2.05. The molecule has 6 heteroatoms. The van der Waals surface area contributed by atoms with Crippen LogP contribution in [0, 0.1) is 0 Å². The summed E-state index contributed by atoms with van der Waals surface area (Å²) in [4.78, 5) is 34.6. The fraction of sp³-hybridized carbons (Fsp3) is 0.0667. The second-order valence-corrected chi connectivity index (χ2v) is 4.36. The van der Waals surface area contributed by atoms with Crippen LogP contribution < -0.4 is 0 Å². The zero-order chi connectivity index (χ0) is 14.8. The predicted molar refractivity (Wildman–Crippen MR) is 75.1 cm³/mol. The number of rotatable bonds is 3. The topological polar surface area (TPSA) is 84.9 Å². The van der Waals surface area contributed by atoms with Gasteiger partial charge in [0.2, 0.25) is 5.78 Å². The van der Waals surface area contributed by atoms with E-state index in [-0.39, 0.29) is 17.2 Å². The zero-order valence-corrected chi connectivity index (χ0v) is 11.2. The molecule has 0 saturated heterocycles. The highest BCUT2D eigenvalue weighted by Crippen LogP contribution is 2.20. The van der Waals surface area contributed by atoms with Crippen LogP contribution in [0.3, 0.4) is 0 Å². The van der Waals surface area contributed by atoms with E-state index >= 15 is 0 Å². The van der Waals surface area contributed by atoms with Crippen LogP contribution in [0.25, 0.3) is 10.9 Å². The minimum atomic E-state index is -0.589. The van der Waals surface area contributed by atoms with Crippen molar-refractivity contribution in [2.24, 2.45) is 0 Å². The summed E-state index contributed by atoms with van der Waals surface area (Å²) in [6.45, 7) is 0. The van der Waals surface area contributed by atoms with Crippen molar-refractivity contribution in [3.05, 3.63) is 59.8 Å². The van der Waals surface area contributed by atoms with Crippen LogP contribution in [0.5, 0.6) is 0 Å². The number of H-pyrrole nitrogens is 1. The van der Waals surface area contributed by atoms with Crippen molar-refractivity contribution in [2.45, 2.75) is 0 Å². The molecule has 0 unspecified atom stereocenters. The Labute approximate surface area is 119 Å². The lowest BCUT2D eigenvalue weighted by Gasteiger charge is -2.00. The molecule has 0 aliphatic heterocycles. The van der Waals surface area contributed by atoms with Gasteiger partial charge in [0, 0.05) is 22.7 Å². The van der Waals surface area contributed by atoms with Crippen LogP contribution in [0.2, 0.25) is 0 Å². The number of nitrogens with zero attached hydrogens (tertiary/aromatic N) is 2. The van der Waals surface area contributed by atoms with Crippen LogP contribution in [0.1, 0.15) is 26.5 Å². The summed E-state index contributed by atoms with van der Waals surface area (Å²) in [7, 11) is 1.26. The average molecular weight is 281 g/mol. The average Bonchev–Trinajstić information content (AvgIpc) is 2.97. The molecule has 0 spiro atoms. The van der Waals surface area contributed by atoms with Crippen molar-refractivity contribution >= 4 is 22.7 Å². The van der Waals surface area contributed by atoms with Gasteiger partial charge in [-0.15, -0.1) is 0 Å². The third-order valence-electron chi connectivity index (χ3n) is 3.11. The number of benzene rings is 1. The lowest BCUT2D eigenvalue weighted by molar-refractivity contribution is 0.0593. The second kappa shape index (κ2) is 5.16. The standard InChI is InChI=1S/C15H11N3O3/c1-21-15(20)13-8-17-12(7-18-13)14(19)10-6-16-11-5-3-2-4-9(10)11/h2-8,16H,1H3. The number of ketones is 1. The summed E-state index contributed by atoms with van der Waals surface area (Å²) in [6, 6.07) is 7.49. The Morgan fingerprint density at radius 2 is 1.81 bits per heavy atom. The first-order valence-electron chi connectivity index (χ1n) is 6.22. The van der Waals surface area contributed by atoms with Crippen LogP contribution in [0.15, 0.2) is 42.9 Å². The smallest absolute Gasteiger partial charge is 0.358 e. The van der Waals surface area contributed by atoms with E-state index in [0.717, 1.165) is 10.9 Å². The maximum Gasteiger partial charge on any atom is 0.358 e. The summed E-state index contributed by atoms with van der Waals surface area (Å²) in [5.41, 5.74) is 1.63. The highest BCUT2D eigenvalue weighted by Gasteiger charge is 2.16. The molecule has 0 saturated carbocycles. The monoisotopic (exact) mass is 281 g/mol. The van der Waals surface area contributed by atoms with Gasteiger partial charge in [-0.05, 0) is 6.07 Å². The Kier molecular flexibility index (Phi) is 3.19. The minimum Gasteiger partial charge on any atom is -0.464 e. The Morgan fingerprint density at radius 1 is 1.10 bits per heavy atom. The number of nitrogens with one attached hydrogen (secondary N) is 1. The number of carbonyl (C=O) groups is 2. The highest BCUT2D eigenvalue weighted by atomic mass is 16.5. The number of para-hydroxylation sites is 1. The molecule has 0 atom stereocenters. The maximum absolute atomic E-state index is 12.4. The summed E-state index contributed by atoms with van der Waals surface area (Å²) < 4.78 is 4.54. The van der Waals surface area contributed by atoms with Gasteiger partial charge in [0.25, 0.3) is 0 Å². The van der Waals surface area contributed by atoms with Crippen LogP contribution in [-0.2, 0) is 4.74 Å². The Morgan fingerprint density at radius 3 is 2.52 bits per heavy atom. The first-order chi connectivity index (χ1) is 10.2. The van der Waals surface area contributed by atoms with Crippen molar-refractivity contribution in [1.29, 1.82) is 0 Å². The molecule has 0 amide bonds. The van der Waals surface area contributed by atoms with Gasteiger partial charge in [0.15, 0.2) is 5.69 Å². The number of aromatic amines is 1. The van der Waals surface area contributed by atoms with E-state index in [1.54, 1.807) is 6.20 Å². The summed E-state index contributed by atoms with van der Waals surface area (Å²) in [6.07, 6.45) is 4.15. The number of carbonyl (C=O) groups excluding carboxylic acids is 2. The molecule has 0 aliphatic rings. The first kappa shape index (κ1) is 13.0. The van der Waals surface area contributed by atoms with Gasteiger partial charge < -0.3 is 9.72 Å². The molecule has 21 heavy (non-hydrogen) atoms. The molecular weight excluding hydrogens is 270 g/mol. The van der Waals surface area contributed by atoms with E-state index in [9.17, 15) is 9.59 Å². The number of ether oxygens (including phenoxy) is 1. The number of fused-ring (bicyclic) bond motifs is 1. The van der Waals surface area contributed by atoms with Gasteiger partial charge in [0.1, 0.15) is 5.69 Å². The predicted octanol–water partition coefficient (Wildman–Crippen LogP) is 1.98. The first-order valence-corrected chi connectivity index (χ1v) is 6.22. The van der Waals surface area contributed by atoms with Crippen LogP contribution in [0.4, 0.5) is 0 Å². The number of methoxy groups -OCH3 is 1. The van der Waals surface area contributed by atoms with Gasteiger partial charge in [-0.1, -0.05) is 18.2 Å². The number of aromatic nitrogens is 3. The highest BCUT2D eigenvalue weighted by molar-refractivity contribution is 6.15. The Bertz CT molecular complexity index is 822. The molecule has 0 fully saturated rings. The normalized spacial score (nSPS) is 10.5. The van der Waals surface area contributed by atoms with Crippen LogP contribution in [-0.4, -0.2) is 33.8 Å². The van der Waals surface area contributed by atoms with Crippen molar-refractivity contribution in [3.8, 4) is 0 Å². The molecule has 1 aromatic carbocycles. The summed E-state index contributed by atoms with van der Waals surface area (Å²) in [5, 5.41) is 0.821. The summed E-state index contributed by atoms with van der Waals surface area (Å²) >= 11 is 0. The minimum absolute atomic E-state index is 0.0629. The molecule has 2 heterocycles. The molecular formula is C15H11N3O3. The van der Waals surface area contributed by atoms with Gasteiger partial charge in [-0.2, -0.15) is 0 Å². The molecule has 2 aromatic heterocycles. The number of esters is 1. The molecule has 3 aromatic rings. The van der Waals surface area contributed by atoms with Crippen molar-refractivity contribution in [3.63, 3.8) is 0 Å². The molecule has 0 bridgehead atoms. The largest absolute Gasteiger partial charge is 0.464 e.